The van der Waals surface area contributed by atoms with Gasteiger partial charge in [0.2, 0.25) is 29.5 Å². The molecule has 606 valence electrons. The standard InChI is InChI=1S/C49H63ClF2N16O12.C21H27ClFN5O4/c1-78-14-11-66-27-40(59-61-66)33-18-34(20-35(19-33)47(76)55-4-3-54-43(70)29-63-5-7-64(30-45(72)73)9-10-65(8-6-63)31-46(74)75)41-28-67(62-60-41)12-15-80-17-16-79-13-2-42(69)57-24-36-21-38(39(50)25-56-36)48(77)58-26-44(71)68-32-49(51,52)22-37(68)23-53;1-4-6-32-7-5-18(29)26-10-14-8-15(16(22)11-25-14)20(31)27-12-19(30)28-13-21(2,23)9-17(28)24-3/h18-21,25,27-28,37H,2-17,22,24,26,29-32H2,1H3,(H,54,70)(H,55,76)(H,57,69)(H,58,77)(H,72,73)(H,74,75);8,11,17H,4-7,9-10,12-13H2,1-2H3,(H,26,29)(H,27,31)/t37-;17-,21?/m10/s1. The molecule has 4 aromatic heterocycles. The maximum atomic E-state index is 14.2. The maximum absolute atomic E-state index is 14.2. The van der Waals surface area contributed by atoms with Gasteiger partial charge in [0.15, 0.2) is 0 Å². The van der Waals surface area contributed by atoms with E-state index in [2.05, 4.69) is 67.3 Å². The van der Waals surface area contributed by atoms with Crippen molar-refractivity contribution >= 4 is 82.4 Å². The number of carbonyl (C=O) groups is 10. The van der Waals surface area contributed by atoms with Gasteiger partial charge in [-0.3, -0.25) is 82.4 Å². The van der Waals surface area contributed by atoms with Crippen LogP contribution in [0, 0.1) is 17.9 Å². The van der Waals surface area contributed by atoms with Gasteiger partial charge in [0.1, 0.15) is 23.1 Å². The number of alkyl halides is 3. The molecule has 3 atom stereocenters. The average Bonchev–Trinajstić information content (AvgIpc) is 1.61. The lowest BCUT2D eigenvalue weighted by molar-refractivity contribution is -0.140. The zero-order valence-corrected chi connectivity index (χ0v) is 63.5. The number of aliphatic carboxylic acids is 2. The Morgan fingerprint density at radius 2 is 1.09 bits per heavy atom. The molecule has 0 bridgehead atoms. The highest BCUT2D eigenvalue weighted by molar-refractivity contribution is 6.34. The molecule has 7 heterocycles. The molecule has 42 heteroatoms. The van der Waals surface area contributed by atoms with E-state index in [1.165, 1.54) is 31.5 Å². The quantitative estimate of drug-likeness (QED) is 0.0202. The minimum Gasteiger partial charge on any atom is -0.480 e. The predicted octanol–water partition coefficient (Wildman–Crippen LogP) is 1.17. The zero-order valence-electron chi connectivity index (χ0n) is 62.0. The molecule has 5 aromatic rings. The van der Waals surface area contributed by atoms with Crippen LogP contribution >= 0.6 is 23.2 Å². The van der Waals surface area contributed by atoms with Gasteiger partial charge in [-0.05, 0) is 43.7 Å². The zero-order chi connectivity index (χ0) is 81.3. The number of pyridine rings is 2. The Kier molecular flexibility index (Phi) is 35.3. The van der Waals surface area contributed by atoms with Gasteiger partial charge in [-0.1, -0.05) is 40.6 Å². The summed E-state index contributed by atoms with van der Waals surface area (Å²) in [5.74, 6) is -9.36. The van der Waals surface area contributed by atoms with Crippen molar-refractivity contribution in [3.63, 3.8) is 0 Å². The lowest BCUT2D eigenvalue weighted by atomic mass is 10.0. The lowest BCUT2D eigenvalue weighted by Gasteiger charge is -2.24. The number of benzene rings is 1. The number of nitrogens with zero attached hydrogens (tertiary/aromatic N) is 15. The monoisotopic (exact) mass is 1610 g/mol. The van der Waals surface area contributed by atoms with Gasteiger partial charge in [-0.2, -0.15) is 5.26 Å². The van der Waals surface area contributed by atoms with E-state index in [0.717, 1.165) is 16.2 Å². The van der Waals surface area contributed by atoms with Crippen molar-refractivity contribution in [1.82, 2.24) is 96.4 Å². The van der Waals surface area contributed by atoms with Gasteiger partial charge in [0.25, 0.3) is 23.6 Å². The Hall–Kier alpha value is -10.4. The van der Waals surface area contributed by atoms with Crippen LogP contribution in [-0.2, 0) is 78.7 Å². The first-order valence-electron chi connectivity index (χ1n) is 35.7. The van der Waals surface area contributed by atoms with Crippen molar-refractivity contribution in [1.29, 1.82) is 5.26 Å². The third-order valence-corrected chi connectivity index (χ3v) is 17.9. The number of halogens is 5. The van der Waals surface area contributed by atoms with E-state index in [0.29, 0.717) is 100 Å². The van der Waals surface area contributed by atoms with Crippen LogP contribution in [0.5, 0.6) is 0 Å². The molecule has 3 aliphatic rings. The number of methoxy groups -OCH3 is 1. The molecule has 0 aliphatic carbocycles. The van der Waals surface area contributed by atoms with Gasteiger partial charge in [-0.15, -0.1) is 10.2 Å². The average molecular weight is 1610 g/mol. The number of ether oxygens (including phenoxy) is 4. The number of carbonyl (C=O) groups excluding carboxylic acids is 8. The number of nitrogens with one attached hydrogen (secondary N) is 6. The molecule has 8 N–H and O–H groups in total. The van der Waals surface area contributed by atoms with Crippen LogP contribution in [0.2, 0.25) is 10.0 Å². The third kappa shape index (κ3) is 29.7. The van der Waals surface area contributed by atoms with Gasteiger partial charge < -0.3 is 66.0 Å². The Balaban J connectivity index is 0.000000453. The molecule has 0 radical (unpaired) electrons. The Labute approximate surface area is 652 Å². The van der Waals surface area contributed by atoms with Gasteiger partial charge in [-0.25, -0.2) is 29.1 Å². The van der Waals surface area contributed by atoms with E-state index in [-0.39, 0.29) is 148 Å². The van der Waals surface area contributed by atoms with Crippen molar-refractivity contribution in [2.45, 2.75) is 95.9 Å². The summed E-state index contributed by atoms with van der Waals surface area (Å²) in [6.07, 6.45) is 5.25. The second kappa shape index (κ2) is 44.6. The van der Waals surface area contributed by atoms with Crippen LogP contribution in [0.25, 0.3) is 27.4 Å². The largest absolute Gasteiger partial charge is 0.480 e. The van der Waals surface area contributed by atoms with E-state index in [1.807, 2.05) is 11.8 Å². The molecule has 112 heavy (non-hydrogen) atoms. The summed E-state index contributed by atoms with van der Waals surface area (Å²) in [4.78, 5) is 143. The molecule has 0 saturated carbocycles. The SMILES string of the molecule is COCCn1cc(-c2cc(C(=O)NCCNC(=O)CN3CCN(CC(=O)O)CCN(CC(=O)O)CC3)cc(-c3cn(CCOCCOCCC(=O)NCc4cc(C(=O)NCC(=O)N5CC(F)(F)C[C@@H]5C#N)c(Cl)cn4)nn3)c2)nn1.[C-]#[N+][C@@H]1CC(C)(F)CN1C(=O)CNC(=O)c1cc(CNC(=O)CCOCCC)ncc1Cl. The fraction of sp³-hybridized carbons (Fsp3) is 0.543. The van der Waals surface area contributed by atoms with Crippen LogP contribution in [0.15, 0.2) is 55.1 Å². The number of hydrogen-bond acceptors (Lipinski definition) is 24. The highest BCUT2D eigenvalue weighted by Gasteiger charge is 2.48. The fourth-order valence-electron chi connectivity index (χ4n) is 11.5. The highest BCUT2D eigenvalue weighted by atomic mass is 35.5. The second-order valence-corrected chi connectivity index (χ2v) is 27.1. The summed E-state index contributed by atoms with van der Waals surface area (Å²) < 4.78 is 66.6. The van der Waals surface area contributed by atoms with Crippen LogP contribution < -0.4 is 31.9 Å². The molecule has 8 rings (SSSR count). The summed E-state index contributed by atoms with van der Waals surface area (Å²) in [5.41, 5.74) is 1.42. The summed E-state index contributed by atoms with van der Waals surface area (Å²) in [6, 6.07) is 8.22. The van der Waals surface area contributed by atoms with Crippen LogP contribution in [0.3, 0.4) is 0 Å². The maximum Gasteiger partial charge on any atom is 0.317 e. The Morgan fingerprint density at radius 1 is 0.607 bits per heavy atom. The van der Waals surface area contributed by atoms with Crippen LogP contribution in [0.4, 0.5) is 13.2 Å². The fourth-order valence-corrected chi connectivity index (χ4v) is 11.9. The van der Waals surface area contributed by atoms with E-state index in [1.54, 1.807) is 62.9 Å². The molecular weight excluding hydrogens is 1520 g/mol. The summed E-state index contributed by atoms with van der Waals surface area (Å²) >= 11 is 12.2. The van der Waals surface area contributed by atoms with Crippen molar-refractivity contribution in [3.05, 3.63) is 105 Å². The number of amides is 8. The minimum absolute atomic E-state index is 0.00179. The number of nitriles is 1. The van der Waals surface area contributed by atoms with Gasteiger partial charge in [0.05, 0.1) is 169 Å². The van der Waals surface area contributed by atoms with Crippen molar-refractivity contribution < 1.29 is 90.3 Å². The number of aromatic nitrogens is 8. The van der Waals surface area contributed by atoms with Gasteiger partial charge in [0, 0.05) is 114 Å². The predicted molar refractivity (Wildman–Crippen MR) is 392 cm³/mol. The molecule has 3 fully saturated rings. The first-order valence-corrected chi connectivity index (χ1v) is 36.4. The van der Waals surface area contributed by atoms with Crippen molar-refractivity contribution in [3.8, 4) is 28.6 Å². The van der Waals surface area contributed by atoms with Crippen molar-refractivity contribution in [2.24, 2.45) is 0 Å². The van der Waals surface area contributed by atoms with Crippen molar-refractivity contribution in [2.75, 3.05) is 152 Å². The molecule has 1 unspecified atom stereocenters. The number of likely N-dealkylation sites (tertiary alicyclic amines) is 2. The van der Waals surface area contributed by atoms with Gasteiger partial charge >= 0.3 is 18.1 Å². The Bertz CT molecular complexity index is 4140. The Morgan fingerprint density at radius 3 is 1.58 bits per heavy atom. The number of carboxylic acid groups (broad SMARTS) is 2. The smallest absolute Gasteiger partial charge is 0.317 e. The number of hydrogen-bond donors (Lipinski definition) is 8. The summed E-state index contributed by atoms with van der Waals surface area (Å²) in [6.45, 7) is 13.1. The second-order valence-electron chi connectivity index (χ2n) is 26.3. The molecular formula is C70H90Cl2F3N21O16. The first-order chi connectivity index (χ1) is 53.5. The first kappa shape index (κ1) is 88.8. The van der Waals surface area contributed by atoms with E-state index >= 15 is 0 Å². The highest BCUT2D eigenvalue weighted by Crippen LogP contribution is 2.33. The topological polar surface area (TPSA) is 452 Å². The minimum atomic E-state index is -3.21. The molecule has 1 aromatic carbocycles. The van der Waals surface area contributed by atoms with E-state index < -0.39 is 91.3 Å². The molecule has 8 amide bonds. The normalized spacial score (nSPS) is 17.1. The van der Waals surface area contributed by atoms with E-state index in [9.17, 15) is 71.3 Å². The molecule has 3 aliphatic heterocycles. The molecule has 3 saturated heterocycles. The van der Waals surface area contributed by atoms with Crippen LogP contribution in [0.1, 0.15) is 88.4 Å². The lowest BCUT2D eigenvalue weighted by Crippen LogP contribution is -2.44. The summed E-state index contributed by atoms with van der Waals surface area (Å²) in [7, 11) is 1.57. The molecule has 37 nitrogen and oxygen atoms in total. The summed E-state index contributed by atoms with van der Waals surface area (Å²) in [5, 5.41) is 60.7. The molecule has 0 spiro atoms. The van der Waals surface area contributed by atoms with Crippen LogP contribution in [-0.4, -0.2) is 309 Å². The van der Waals surface area contributed by atoms with E-state index in [4.69, 9.17) is 54.0 Å². The third-order valence-electron chi connectivity index (χ3n) is 17.3. The number of carboxylic acids is 2. The number of rotatable bonds is 39.